The number of rotatable bonds is 6. The largest absolute Gasteiger partial charge is 0.398 e. The van der Waals surface area contributed by atoms with Crippen LogP contribution < -0.4 is 15.4 Å². The molecular formula is C13H21N3O2S. The summed E-state index contributed by atoms with van der Waals surface area (Å²) in [6, 6.07) is 5.78. The lowest BCUT2D eigenvalue weighted by Crippen LogP contribution is -2.27. The van der Waals surface area contributed by atoms with Crippen LogP contribution in [0.2, 0.25) is 0 Å². The molecule has 0 aliphatic heterocycles. The van der Waals surface area contributed by atoms with E-state index in [0.29, 0.717) is 11.7 Å². The van der Waals surface area contributed by atoms with Crippen LogP contribution in [0.15, 0.2) is 23.1 Å². The van der Waals surface area contributed by atoms with Crippen LogP contribution in [0.25, 0.3) is 0 Å². The molecule has 1 fully saturated rings. The third-order valence-corrected chi connectivity index (χ3v) is 4.82. The molecule has 1 saturated carbocycles. The Kier molecular flexibility index (Phi) is 4.01. The van der Waals surface area contributed by atoms with Gasteiger partial charge in [-0.3, -0.25) is 0 Å². The number of nitrogens with one attached hydrogen (secondary N) is 1. The maximum atomic E-state index is 11.8. The summed E-state index contributed by atoms with van der Waals surface area (Å²) >= 11 is 0. The molecule has 2 rings (SSSR count). The smallest absolute Gasteiger partial charge is 0.242 e. The molecule has 1 aromatic carbocycles. The Morgan fingerprint density at radius 3 is 2.58 bits per heavy atom. The first-order valence-corrected chi connectivity index (χ1v) is 8.07. The predicted octanol–water partition coefficient (Wildman–Crippen LogP) is 1.56. The molecule has 0 amide bonds. The monoisotopic (exact) mass is 283 g/mol. The molecule has 0 unspecified atom stereocenters. The summed E-state index contributed by atoms with van der Waals surface area (Å²) in [5.41, 5.74) is 7.20. The van der Waals surface area contributed by atoms with E-state index < -0.39 is 10.0 Å². The van der Waals surface area contributed by atoms with Gasteiger partial charge in [0.25, 0.3) is 0 Å². The molecule has 0 atom stereocenters. The molecule has 1 aromatic rings. The summed E-state index contributed by atoms with van der Waals surface area (Å²) in [4.78, 5) is 2.46. The fraction of sp³-hybridized carbons (Fsp3) is 0.538. The Morgan fingerprint density at radius 1 is 1.42 bits per heavy atom. The second-order valence-electron chi connectivity index (χ2n) is 4.85. The number of nitrogens with two attached hydrogens (primary N) is 1. The fourth-order valence-electron chi connectivity index (χ4n) is 2.22. The highest BCUT2D eigenvalue weighted by Gasteiger charge is 2.29. The fourth-order valence-corrected chi connectivity index (χ4v) is 3.06. The van der Waals surface area contributed by atoms with E-state index in [1.165, 1.54) is 19.9 Å². The van der Waals surface area contributed by atoms with Crippen molar-refractivity contribution < 1.29 is 8.42 Å². The molecule has 0 bridgehead atoms. The van der Waals surface area contributed by atoms with Crippen molar-refractivity contribution in [1.29, 1.82) is 0 Å². The number of nitrogens with zero attached hydrogens (tertiary/aromatic N) is 1. The molecule has 0 heterocycles. The van der Waals surface area contributed by atoms with Gasteiger partial charge in [-0.05, 0) is 44.5 Å². The van der Waals surface area contributed by atoms with Crippen LogP contribution in [0.1, 0.15) is 26.2 Å². The highest BCUT2D eigenvalue weighted by molar-refractivity contribution is 7.89. The van der Waals surface area contributed by atoms with Crippen molar-refractivity contribution in [3.05, 3.63) is 18.2 Å². The summed E-state index contributed by atoms with van der Waals surface area (Å²) in [6.45, 7) is 3.11. The Balaban J connectivity index is 2.32. The molecule has 0 saturated heterocycles. The van der Waals surface area contributed by atoms with E-state index in [1.54, 1.807) is 12.1 Å². The summed E-state index contributed by atoms with van der Waals surface area (Å²) in [5.74, 6) is 0. The predicted molar refractivity (Wildman–Crippen MR) is 77.8 cm³/mol. The maximum Gasteiger partial charge on any atom is 0.242 e. The van der Waals surface area contributed by atoms with Crippen molar-refractivity contribution in [1.82, 2.24) is 4.72 Å². The average molecular weight is 283 g/mol. The minimum atomic E-state index is -3.48. The zero-order valence-corrected chi connectivity index (χ0v) is 12.2. The van der Waals surface area contributed by atoms with E-state index in [-0.39, 0.29) is 4.90 Å². The maximum absolute atomic E-state index is 11.8. The molecular weight excluding hydrogens is 262 g/mol. The van der Waals surface area contributed by atoms with Crippen molar-refractivity contribution in [2.45, 2.75) is 37.1 Å². The number of hydrogen-bond acceptors (Lipinski definition) is 4. The zero-order valence-electron chi connectivity index (χ0n) is 11.4. The van der Waals surface area contributed by atoms with E-state index in [4.69, 9.17) is 5.73 Å². The lowest BCUT2D eigenvalue weighted by atomic mass is 10.2. The van der Waals surface area contributed by atoms with Gasteiger partial charge in [0.1, 0.15) is 4.90 Å². The van der Waals surface area contributed by atoms with E-state index in [9.17, 15) is 8.42 Å². The summed E-state index contributed by atoms with van der Waals surface area (Å²) in [5, 5.41) is 0. The van der Waals surface area contributed by atoms with Gasteiger partial charge < -0.3 is 10.6 Å². The molecule has 0 radical (unpaired) electrons. The quantitative estimate of drug-likeness (QED) is 0.777. The van der Waals surface area contributed by atoms with Crippen molar-refractivity contribution in [2.24, 2.45) is 0 Å². The summed E-state index contributed by atoms with van der Waals surface area (Å²) in [6.07, 6.45) is 3.47. The van der Waals surface area contributed by atoms with Crippen LogP contribution in [0.4, 0.5) is 11.4 Å². The second kappa shape index (κ2) is 5.38. The van der Waals surface area contributed by atoms with Gasteiger partial charge in [-0.2, -0.15) is 0 Å². The lowest BCUT2D eigenvalue weighted by molar-refractivity contribution is 0.588. The topological polar surface area (TPSA) is 75.4 Å². The van der Waals surface area contributed by atoms with Crippen LogP contribution in [-0.2, 0) is 10.0 Å². The SMILES string of the molecule is CCCN(c1ccc(S(=O)(=O)NC)c(N)c1)C1CC1. The van der Waals surface area contributed by atoms with E-state index in [0.717, 1.165) is 18.7 Å². The van der Waals surface area contributed by atoms with Crippen LogP contribution in [0.5, 0.6) is 0 Å². The average Bonchev–Trinajstić information content (AvgIpc) is 3.19. The van der Waals surface area contributed by atoms with Crippen LogP contribution in [0, 0.1) is 0 Å². The third kappa shape index (κ3) is 3.01. The molecule has 1 aliphatic carbocycles. The van der Waals surface area contributed by atoms with E-state index in [2.05, 4.69) is 16.5 Å². The molecule has 19 heavy (non-hydrogen) atoms. The minimum Gasteiger partial charge on any atom is -0.398 e. The number of nitrogen functional groups attached to an aromatic ring is 1. The number of sulfonamides is 1. The molecule has 0 spiro atoms. The van der Waals surface area contributed by atoms with Gasteiger partial charge in [-0.25, -0.2) is 13.1 Å². The number of anilines is 2. The van der Waals surface area contributed by atoms with Gasteiger partial charge >= 0.3 is 0 Å². The third-order valence-electron chi connectivity index (χ3n) is 3.34. The first-order chi connectivity index (χ1) is 8.99. The Bertz CT molecular complexity index is 553. The van der Waals surface area contributed by atoms with E-state index in [1.807, 2.05) is 6.07 Å². The molecule has 5 nitrogen and oxygen atoms in total. The number of hydrogen-bond donors (Lipinski definition) is 2. The summed E-state index contributed by atoms with van der Waals surface area (Å²) < 4.78 is 25.8. The lowest BCUT2D eigenvalue weighted by Gasteiger charge is -2.24. The van der Waals surface area contributed by atoms with Gasteiger partial charge in [0, 0.05) is 18.3 Å². The van der Waals surface area contributed by atoms with E-state index >= 15 is 0 Å². The second-order valence-corrected chi connectivity index (χ2v) is 6.71. The van der Waals surface area contributed by atoms with Crippen LogP contribution in [-0.4, -0.2) is 28.1 Å². The molecule has 0 aromatic heterocycles. The first-order valence-electron chi connectivity index (χ1n) is 6.59. The molecule has 6 heteroatoms. The van der Waals surface area contributed by atoms with Gasteiger partial charge in [0.05, 0.1) is 5.69 Å². The molecule has 106 valence electrons. The normalized spacial score (nSPS) is 15.5. The minimum absolute atomic E-state index is 0.144. The van der Waals surface area contributed by atoms with Crippen molar-refractivity contribution in [2.75, 3.05) is 24.2 Å². The van der Waals surface area contributed by atoms with Gasteiger partial charge in [-0.1, -0.05) is 6.92 Å². The first kappa shape index (κ1) is 14.1. The van der Waals surface area contributed by atoms with Crippen molar-refractivity contribution in [3.8, 4) is 0 Å². The van der Waals surface area contributed by atoms with Crippen molar-refractivity contribution >= 4 is 21.4 Å². The molecule has 3 N–H and O–H groups in total. The van der Waals surface area contributed by atoms with Gasteiger partial charge in [0.15, 0.2) is 0 Å². The number of benzene rings is 1. The standard InChI is InChI=1S/C13H21N3O2S/c1-3-8-16(10-4-5-10)11-6-7-13(12(14)9-11)19(17,18)15-2/h6-7,9-10,15H,3-5,8,14H2,1-2H3. The Morgan fingerprint density at radius 2 is 2.11 bits per heavy atom. The summed E-state index contributed by atoms with van der Waals surface area (Å²) in [7, 11) is -2.10. The highest BCUT2D eigenvalue weighted by Crippen LogP contribution is 2.34. The Labute approximate surface area is 114 Å². The van der Waals surface area contributed by atoms with Crippen LogP contribution in [0.3, 0.4) is 0 Å². The van der Waals surface area contributed by atoms with Crippen molar-refractivity contribution in [3.63, 3.8) is 0 Å². The highest BCUT2D eigenvalue weighted by atomic mass is 32.2. The van der Waals surface area contributed by atoms with Gasteiger partial charge in [0.2, 0.25) is 10.0 Å². The Hall–Kier alpha value is -1.27. The zero-order chi connectivity index (χ0) is 14.0. The molecule has 1 aliphatic rings. The van der Waals surface area contributed by atoms with Crippen LogP contribution >= 0.6 is 0 Å². The van der Waals surface area contributed by atoms with Gasteiger partial charge in [-0.15, -0.1) is 0 Å².